The molecule has 0 aliphatic carbocycles. The van der Waals surface area contributed by atoms with Crippen molar-refractivity contribution < 1.29 is 14.3 Å². The first-order valence-electron chi connectivity index (χ1n) is 10.1. The van der Waals surface area contributed by atoms with E-state index in [9.17, 15) is 9.59 Å². The van der Waals surface area contributed by atoms with Crippen molar-refractivity contribution in [2.75, 3.05) is 17.7 Å². The van der Waals surface area contributed by atoms with Crippen LogP contribution < -0.4 is 20.7 Å². The summed E-state index contributed by atoms with van der Waals surface area (Å²) in [6, 6.07) is 10.8. The minimum atomic E-state index is -0.790. The van der Waals surface area contributed by atoms with Crippen molar-refractivity contribution in [3.63, 3.8) is 0 Å². The zero-order chi connectivity index (χ0) is 24.0. The SMILES string of the molecule is CC[C@H](C)[C@H](NC(=O)Nc1ccc(Cl)c(Cl)c1)C(=O)Nc1nnc(-c2cccc(OC)c2)s1. The quantitative estimate of drug-likeness (QED) is 0.362. The highest BCUT2D eigenvalue weighted by Crippen LogP contribution is 2.29. The van der Waals surface area contributed by atoms with E-state index in [0.29, 0.717) is 38.0 Å². The van der Waals surface area contributed by atoms with Gasteiger partial charge < -0.3 is 15.4 Å². The van der Waals surface area contributed by atoms with Crippen molar-refractivity contribution >= 4 is 57.3 Å². The number of methoxy groups -OCH3 is 1. The molecule has 0 saturated carbocycles. The third-order valence-corrected chi connectivity index (χ3v) is 6.56. The van der Waals surface area contributed by atoms with Crippen molar-refractivity contribution in [3.05, 3.63) is 52.5 Å². The Balaban J connectivity index is 1.68. The fourth-order valence-corrected chi connectivity index (χ4v) is 3.95. The van der Waals surface area contributed by atoms with Crippen LogP contribution in [0.2, 0.25) is 10.0 Å². The number of nitrogens with one attached hydrogen (secondary N) is 3. The van der Waals surface area contributed by atoms with Gasteiger partial charge in [-0.15, -0.1) is 10.2 Å². The van der Waals surface area contributed by atoms with E-state index in [2.05, 4.69) is 26.1 Å². The summed E-state index contributed by atoms with van der Waals surface area (Å²) in [4.78, 5) is 25.5. The van der Waals surface area contributed by atoms with Crippen LogP contribution >= 0.6 is 34.5 Å². The average molecular weight is 508 g/mol. The van der Waals surface area contributed by atoms with Crippen LogP contribution in [0.25, 0.3) is 10.6 Å². The number of benzene rings is 2. The fraction of sp³-hybridized carbons (Fsp3) is 0.273. The van der Waals surface area contributed by atoms with E-state index in [1.807, 2.05) is 38.1 Å². The molecule has 3 rings (SSSR count). The Bertz CT molecular complexity index is 1140. The molecule has 0 radical (unpaired) electrons. The fourth-order valence-electron chi connectivity index (χ4n) is 2.91. The van der Waals surface area contributed by atoms with E-state index in [1.165, 1.54) is 17.4 Å². The molecule has 11 heteroatoms. The molecule has 2 aromatic carbocycles. The Labute approximate surface area is 205 Å². The number of anilines is 2. The van der Waals surface area contributed by atoms with Crippen molar-refractivity contribution in [2.24, 2.45) is 5.92 Å². The normalized spacial score (nSPS) is 12.5. The predicted molar refractivity (Wildman–Crippen MR) is 132 cm³/mol. The molecule has 3 aromatic rings. The van der Waals surface area contributed by atoms with Gasteiger partial charge in [-0.2, -0.15) is 0 Å². The Morgan fingerprint density at radius 2 is 1.88 bits per heavy atom. The highest BCUT2D eigenvalue weighted by molar-refractivity contribution is 7.18. The summed E-state index contributed by atoms with van der Waals surface area (Å²) in [5.41, 5.74) is 1.28. The van der Waals surface area contributed by atoms with E-state index < -0.39 is 12.1 Å². The molecule has 0 spiro atoms. The van der Waals surface area contributed by atoms with Gasteiger partial charge in [-0.05, 0) is 36.2 Å². The van der Waals surface area contributed by atoms with Gasteiger partial charge >= 0.3 is 6.03 Å². The molecule has 0 aliphatic rings. The summed E-state index contributed by atoms with van der Waals surface area (Å²) < 4.78 is 5.24. The highest BCUT2D eigenvalue weighted by atomic mass is 35.5. The van der Waals surface area contributed by atoms with Crippen LogP contribution in [0.5, 0.6) is 5.75 Å². The maximum atomic E-state index is 13.0. The predicted octanol–water partition coefficient (Wildman–Crippen LogP) is 5.70. The second-order valence-electron chi connectivity index (χ2n) is 7.22. The molecule has 3 amide bonds. The standard InChI is InChI=1S/C22H23Cl2N5O3S/c1-4-12(2)18(26-21(31)25-14-8-9-16(23)17(24)11-14)19(30)27-22-29-28-20(33-22)13-6-5-7-15(10-13)32-3/h5-12,18H,4H2,1-3H3,(H2,25,26,31)(H,27,29,30)/t12-,18-/m0/s1. The van der Waals surface area contributed by atoms with E-state index in [1.54, 1.807) is 19.2 Å². The maximum Gasteiger partial charge on any atom is 0.319 e. The number of aromatic nitrogens is 2. The van der Waals surface area contributed by atoms with Crippen LogP contribution in [-0.4, -0.2) is 35.3 Å². The van der Waals surface area contributed by atoms with Gasteiger partial charge in [0.15, 0.2) is 0 Å². The molecule has 0 saturated heterocycles. The molecule has 0 bridgehead atoms. The van der Waals surface area contributed by atoms with E-state index in [4.69, 9.17) is 27.9 Å². The molecule has 8 nitrogen and oxygen atoms in total. The lowest BCUT2D eigenvalue weighted by Gasteiger charge is -2.23. The van der Waals surface area contributed by atoms with E-state index in [0.717, 1.165) is 5.56 Å². The zero-order valence-corrected chi connectivity index (χ0v) is 20.5. The maximum absolute atomic E-state index is 13.0. The number of amides is 3. The molecular formula is C22H23Cl2N5O3S. The number of urea groups is 1. The van der Waals surface area contributed by atoms with Crippen molar-refractivity contribution in [1.82, 2.24) is 15.5 Å². The van der Waals surface area contributed by atoms with Gasteiger partial charge in [-0.1, -0.05) is 66.9 Å². The summed E-state index contributed by atoms with van der Waals surface area (Å²) >= 11 is 13.1. The van der Waals surface area contributed by atoms with Crippen molar-refractivity contribution in [3.8, 4) is 16.3 Å². The van der Waals surface area contributed by atoms with Gasteiger partial charge in [0.1, 0.15) is 16.8 Å². The van der Waals surface area contributed by atoms with Crippen LogP contribution in [0, 0.1) is 5.92 Å². The number of nitrogens with zero attached hydrogens (tertiary/aromatic N) is 2. The van der Waals surface area contributed by atoms with Gasteiger partial charge in [-0.3, -0.25) is 10.1 Å². The molecule has 1 heterocycles. The van der Waals surface area contributed by atoms with E-state index >= 15 is 0 Å². The Kier molecular flexibility index (Phi) is 8.49. The van der Waals surface area contributed by atoms with Crippen LogP contribution in [0.4, 0.5) is 15.6 Å². The second-order valence-corrected chi connectivity index (χ2v) is 9.02. The molecule has 174 valence electrons. The molecular weight excluding hydrogens is 485 g/mol. The second kappa shape index (κ2) is 11.3. The van der Waals surface area contributed by atoms with Crippen LogP contribution in [0.3, 0.4) is 0 Å². The number of carbonyl (C=O) groups is 2. The topological polar surface area (TPSA) is 105 Å². The van der Waals surface area contributed by atoms with Crippen molar-refractivity contribution in [2.45, 2.75) is 26.3 Å². The minimum absolute atomic E-state index is 0.129. The molecule has 0 fully saturated rings. The summed E-state index contributed by atoms with van der Waals surface area (Å²) in [5, 5.41) is 18.0. The summed E-state index contributed by atoms with van der Waals surface area (Å²) in [6.45, 7) is 3.82. The first-order chi connectivity index (χ1) is 15.8. The monoisotopic (exact) mass is 507 g/mol. The third-order valence-electron chi connectivity index (χ3n) is 4.93. The lowest BCUT2D eigenvalue weighted by molar-refractivity contribution is -0.119. The highest BCUT2D eigenvalue weighted by Gasteiger charge is 2.27. The van der Waals surface area contributed by atoms with Crippen molar-refractivity contribution in [1.29, 1.82) is 0 Å². The Hall–Kier alpha value is -2.88. The van der Waals surface area contributed by atoms with Gasteiger partial charge in [0.25, 0.3) is 0 Å². The van der Waals surface area contributed by atoms with Gasteiger partial charge in [0, 0.05) is 11.3 Å². The number of rotatable bonds is 8. The van der Waals surface area contributed by atoms with Crippen LogP contribution in [-0.2, 0) is 4.79 Å². The zero-order valence-electron chi connectivity index (χ0n) is 18.2. The largest absolute Gasteiger partial charge is 0.497 e. The Morgan fingerprint density at radius 1 is 1.09 bits per heavy atom. The molecule has 2 atom stereocenters. The van der Waals surface area contributed by atoms with Crippen LogP contribution in [0.1, 0.15) is 20.3 Å². The number of hydrogen-bond donors (Lipinski definition) is 3. The molecule has 1 aromatic heterocycles. The number of ether oxygens (including phenoxy) is 1. The van der Waals surface area contributed by atoms with E-state index in [-0.39, 0.29) is 11.8 Å². The first-order valence-corrected chi connectivity index (χ1v) is 11.7. The molecule has 0 aliphatic heterocycles. The van der Waals surface area contributed by atoms with Gasteiger partial charge in [0.05, 0.1) is 17.2 Å². The number of carbonyl (C=O) groups excluding carboxylic acids is 2. The smallest absolute Gasteiger partial charge is 0.319 e. The summed E-state index contributed by atoms with van der Waals surface area (Å²) in [5.74, 6) is 0.180. The number of hydrogen-bond acceptors (Lipinski definition) is 6. The van der Waals surface area contributed by atoms with Crippen LogP contribution in [0.15, 0.2) is 42.5 Å². The average Bonchev–Trinajstić information content (AvgIpc) is 3.27. The third kappa shape index (κ3) is 6.56. The minimum Gasteiger partial charge on any atom is -0.497 e. The lowest BCUT2D eigenvalue weighted by Crippen LogP contribution is -2.49. The molecule has 33 heavy (non-hydrogen) atoms. The summed E-state index contributed by atoms with van der Waals surface area (Å²) in [7, 11) is 1.59. The molecule has 3 N–H and O–H groups in total. The lowest BCUT2D eigenvalue weighted by atomic mass is 9.98. The number of halogens is 2. The van der Waals surface area contributed by atoms with Gasteiger partial charge in [0.2, 0.25) is 11.0 Å². The summed E-state index contributed by atoms with van der Waals surface area (Å²) in [6.07, 6.45) is 0.677. The Morgan fingerprint density at radius 3 is 2.58 bits per heavy atom. The van der Waals surface area contributed by atoms with Gasteiger partial charge in [-0.25, -0.2) is 4.79 Å². The first kappa shape index (κ1) is 24.8. The molecule has 0 unspecified atom stereocenters.